The molecule has 0 radical (unpaired) electrons. The topological polar surface area (TPSA) is 224 Å². The first-order valence-electron chi connectivity index (χ1n) is 25.5. The highest BCUT2D eigenvalue weighted by Crippen LogP contribution is 2.30. The molecule has 77 heavy (non-hydrogen) atoms. The van der Waals surface area contributed by atoms with Gasteiger partial charge >= 0.3 is 24.4 Å². The molecule has 0 bridgehead atoms. The van der Waals surface area contributed by atoms with Crippen LogP contribution in [0.1, 0.15) is 54.4 Å². The van der Waals surface area contributed by atoms with Crippen LogP contribution in [-0.4, -0.2) is 204 Å². The number of hydrogen-bond donors (Lipinski definition) is 4. The first-order chi connectivity index (χ1) is 36.4. The summed E-state index contributed by atoms with van der Waals surface area (Å²) in [6.45, 7) is 20.0. The van der Waals surface area contributed by atoms with Gasteiger partial charge in [0, 0.05) is 77.2 Å². The summed E-state index contributed by atoms with van der Waals surface area (Å²) in [7, 11) is 2.82. The van der Waals surface area contributed by atoms with E-state index in [0.29, 0.717) is 99.6 Å². The SMILES string of the molecule is CCC(=S)NC[C@H]1CN(c2ccc(N3CCN(C(=O)COC(=O)NC)CC3)c(F)c2)C(=O)O1.CCN(CC)CC.CCSC(=S)CC.CNC(=O)OCC(=O)N1CCN(c2ccc(N3C[C@H](CN)OC3=O)cc2F)CC1.Cl. The van der Waals surface area contributed by atoms with Crippen LogP contribution in [0.15, 0.2) is 36.4 Å². The summed E-state index contributed by atoms with van der Waals surface area (Å²) in [4.78, 5) is 83.2. The van der Waals surface area contributed by atoms with E-state index in [0.717, 1.165) is 16.4 Å². The van der Waals surface area contributed by atoms with Crippen molar-refractivity contribution in [1.82, 2.24) is 30.7 Å². The molecule has 0 unspecified atom stereocenters. The van der Waals surface area contributed by atoms with E-state index in [2.05, 4.69) is 55.5 Å². The number of nitrogens with zero attached hydrogens (tertiary/aromatic N) is 7. The van der Waals surface area contributed by atoms with E-state index in [-0.39, 0.29) is 56.6 Å². The third-order valence-electron chi connectivity index (χ3n) is 12.3. The van der Waals surface area contributed by atoms with Gasteiger partial charge in [0.15, 0.2) is 13.2 Å². The van der Waals surface area contributed by atoms with Crippen molar-refractivity contribution < 1.29 is 56.5 Å². The predicted molar refractivity (Wildman–Crippen MR) is 308 cm³/mol. The summed E-state index contributed by atoms with van der Waals surface area (Å²) in [5.74, 6) is -0.408. The Kier molecular flexibility index (Phi) is 31.4. The van der Waals surface area contributed by atoms with Crippen molar-refractivity contribution in [3.05, 3.63) is 48.0 Å². The summed E-state index contributed by atoms with van der Waals surface area (Å²) < 4.78 is 50.7. The van der Waals surface area contributed by atoms with Crippen LogP contribution in [0.25, 0.3) is 0 Å². The number of hydrogen-bond acceptors (Lipinski definition) is 17. The summed E-state index contributed by atoms with van der Waals surface area (Å²) in [6, 6.07) is 9.19. The standard InChI is InChI=1S/C21H28FN5O5S.C18H24FN5O5.C6H15N.C5H10S2.ClH/c1-3-18(33)24-11-15-12-27(21(30)32-15)14-4-5-17(16(22)10-14)25-6-8-26(9-7-25)19(28)13-31-20(29)23-2;1-21-17(26)28-11-16(25)23-6-4-22(5-7-23)15-3-2-12(8-14(15)19)24-10-13(9-20)29-18(24)27;1-4-7(5-2)6-3;1-3-5(6)7-4-2;/h4-5,10,15H,3,6-9,11-13H2,1-2H3,(H,23,29)(H,24,33);2-3,8,13H,4-7,9-11,20H2,1H3,(H,21,26);4-6H2,1-3H3;3-4H2,1-2H3;1H/t15-;13-;;;/m00.../s1. The Morgan fingerprint density at radius 2 is 1.10 bits per heavy atom. The number of cyclic esters (lactones) is 2. The fourth-order valence-corrected chi connectivity index (χ4v) is 8.76. The quantitative estimate of drug-likeness (QED) is 0.108. The first kappa shape index (κ1) is 67.6. The number of nitrogens with one attached hydrogen (secondary N) is 3. The van der Waals surface area contributed by atoms with Crippen molar-refractivity contribution in [1.29, 1.82) is 0 Å². The Morgan fingerprint density at radius 1 is 0.688 bits per heavy atom. The molecule has 0 saturated carbocycles. The van der Waals surface area contributed by atoms with Crippen LogP contribution in [0.4, 0.5) is 50.7 Å². The summed E-state index contributed by atoms with van der Waals surface area (Å²) in [5.41, 5.74) is 7.14. The summed E-state index contributed by atoms with van der Waals surface area (Å²) in [6.07, 6.45) is -1.43. The zero-order valence-corrected chi connectivity index (χ0v) is 48.7. The lowest BCUT2D eigenvalue weighted by Gasteiger charge is -2.36. The summed E-state index contributed by atoms with van der Waals surface area (Å²) >= 11 is 11.8. The van der Waals surface area contributed by atoms with Crippen molar-refractivity contribution in [2.75, 3.05) is 151 Å². The lowest BCUT2D eigenvalue weighted by molar-refractivity contribution is -0.135. The van der Waals surface area contributed by atoms with E-state index in [1.165, 1.54) is 55.7 Å². The first-order valence-corrected chi connectivity index (χ1v) is 27.3. The van der Waals surface area contributed by atoms with Crippen LogP contribution in [0.5, 0.6) is 0 Å². The Bertz CT molecular complexity index is 2240. The third kappa shape index (κ3) is 22.0. The van der Waals surface area contributed by atoms with Gasteiger partial charge < -0.3 is 65.1 Å². The Labute approximate surface area is 472 Å². The maximum atomic E-state index is 14.9. The predicted octanol–water partition coefficient (Wildman–Crippen LogP) is 5.84. The van der Waals surface area contributed by atoms with Crippen molar-refractivity contribution in [2.45, 2.75) is 66.6 Å². The molecule has 0 aromatic heterocycles. The van der Waals surface area contributed by atoms with Gasteiger partial charge in [-0.2, -0.15) is 0 Å². The molecule has 4 heterocycles. The highest BCUT2D eigenvalue weighted by molar-refractivity contribution is 8.23. The third-order valence-corrected chi connectivity index (χ3v) is 14.3. The monoisotopic (exact) mass is 1160 g/mol. The van der Waals surface area contributed by atoms with Gasteiger partial charge in [-0.1, -0.05) is 66.0 Å². The fraction of sp³-hybridized carbons (Fsp3) is 0.600. The average Bonchev–Trinajstić information content (AvgIpc) is 4.02. The Hall–Kier alpha value is -5.54. The average molecular weight is 1160 g/mol. The second-order valence-corrected chi connectivity index (χ2v) is 19.7. The van der Waals surface area contributed by atoms with Gasteiger partial charge in [-0.05, 0) is 74.6 Å². The molecule has 4 aliphatic heterocycles. The van der Waals surface area contributed by atoms with E-state index in [9.17, 15) is 37.5 Å². The lowest BCUT2D eigenvalue weighted by Crippen LogP contribution is -2.50. The smallest absolute Gasteiger partial charge is 0.414 e. The van der Waals surface area contributed by atoms with Gasteiger partial charge in [0.25, 0.3) is 11.8 Å². The molecule has 0 spiro atoms. The zero-order valence-electron chi connectivity index (χ0n) is 45.4. The van der Waals surface area contributed by atoms with E-state index >= 15 is 0 Å². The Balaban J connectivity index is 0.000000419. The number of carbonyl (C=O) groups is 6. The highest BCUT2D eigenvalue weighted by Gasteiger charge is 2.34. The van der Waals surface area contributed by atoms with Crippen LogP contribution in [-0.2, 0) is 28.5 Å². The van der Waals surface area contributed by atoms with E-state index in [1.54, 1.807) is 45.8 Å². The molecule has 6 amide bonds. The van der Waals surface area contributed by atoms with Crippen LogP contribution in [0, 0.1) is 11.6 Å². The van der Waals surface area contributed by atoms with Crippen molar-refractivity contribution in [2.24, 2.45) is 5.73 Å². The summed E-state index contributed by atoms with van der Waals surface area (Å²) in [5, 5.41) is 7.60. The van der Waals surface area contributed by atoms with Crippen molar-refractivity contribution >= 4 is 117 Å². The number of anilines is 4. The number of halogens is 3. The molecule has 5 N–H and O–H groups in total. The minimum atomic E-state index is -0.668. The Morgan fingerprint density at radius 3 is 1.42 bits per heavy atom. The fourth-order valence-electron chi connectivity index (χ4n) is 7.80. The van der Waals surface area contributed by atoms with Gasteiger partial charge in [0.1, 0.15) is 23.8 Å². The van der Waals surface area contributed by atoms with Crippen molar-refractivity contribution in [3.63, 3.8) is 0 Å². The van der Waals surface area contributed by atoms with Gasteiger partial charge in [-0.25, -0.2) is 28.0 Å². The molecule has 27 heteroatoms. The normalized spacial score (nSPS) is 16.7. The number of thiocarbonyl (C=S) groups is 2. The second-order valence-electron chi connectivity index (χ2n) is 17.1. The molecule has 2 aromatic carbocycles. The van der Waals surface area contributed by atoms with E-state index in [1.807, 2.05) is 16.7 Å². The van der Waals surface area contributed by atoms with Crippen molar-refractivity contribution in [3.8, 4) is 0 Å². The molecule has 432 valence electrons. The number of rotatable bonds is 17. The largest absolute Gasteiger partial charge is 0.443 e. The number of piperazine rings is 2. The van der Waals surface area contributed by atoms with E-state index in [4.69, 9.17) is 49.1 Å². The van der Waals surface area contributed by atoms with Gasteiger partial charge in [-0.15, -0.1) is 24.2 Å². The van der Waals surface area contributed by atoms with Gasteiger partial charge in [0.05, 0.1) is 47.4 Å². The zero-order chi connectivity index (χ0) is 56.3. The lowest BCUT2D eigenvalue weighted by atomic mass is 10.2. The molecular formula is C50H78ClF2N11O10S3. The van der Waals surface area contributed by atoms with Crippen LogP contribution < -0.4 is 41.3 Å². The molecule has 2 atom stereocenters. The number of benzene rings is 2. The molecule has 4 fully saturated rings. The minimum absolute atomic E-state index is 0. The number of carbonyl (C=O) groups excluding carboxylic acids is 6. The van der Waals surface area contributed by atoms with Crippen LogP contribution in [0.3, 0.4) is 0 Å². The minimum Gasteiger partial charge on any atom is -0.443 e. The molecular weight excluding hydrogens is 1080 g/mol. The molecule has 4 saturated heterocycles. The van der Waals surface area contributed by atoms with E-state index < -0.39 is 42.1 Å². The number of amides is 6. The number of ether oxygens (including phenoxy) is 4. The van der Waals surface area contributed by atoms with Gasteiger partial charge in [0.2, 0.25) is 0 Å². The molecule has 4 aliphatic rings. The maximum absolute atomic E-state index is 14.9. The molecule has 2 aromatic rings. The van der Waals surface area contributed by atoms with Crippen LogP contribution in [0.2, 0.25) is 0 Å². The molecule has 21 nitrogen and oxygen atoms in total. The maximum Gasteiger partial charge on any atom is 0.414 e. The molecule has 6 rings (SSSR count). The van der Waals surface area contributed by atoms with Crippen LogP contribution >= 0.6 is 48.6 Å². The van der Waals surface area contributed by atoms with Gasteiger partial charge in [-0.3, -0.25) is 19.4 Å². The number of nitrogens with two attached hydrogens (primary N) is 1. The number of alkyl carbamates (subject to hydrolysis) is 2. The second kappa shape index (κ2) is 35.8. The number of thioether (sulfide) groups is 1. The molecule has 0 aliphatic carbocycles. The highest BCUT2D eigenvalue weighted by atomic mass is 35.5.